The van der Waals surface area contributed by atoms with Crippen LogP contribution in [0, 0.1) is 10.5 Å². The Kier molecular flexibility index (Phi) is 4.77. The molecule has 0 saturated carbocycles. The molecule has 2 aromatic rings. The minimum absolute atomic E-state index is 0.383. The van der Waals surface area contributed by atoms with Crippen LogP contribution in [0.4, 0.5) is 0 Å². The second kappa shape index (κ2) is 6.36. The quantitative estimate of drug-likeness (QED) is 0.819. The zero-order valence-electron chi connectivity index (χ0n) is 11.6. The molecule has 0 bridgehead atoms. The largest absolute Gasteiger partial charge is 0.480 e. The minimum Gasteiger partial charge on any atom is -0.480 e. The second-order valence-electron chi connectivity index (χ2n) is 4.26. The lowest BCUT2D eigenvalue weighted by molar-refractivity contribution is 0.355. The van der Waals surface area contributed by atoms with Gasteiger partial charge < -0.3 is 15.2 Å². The fourth-order valence-corrected chi connectivity index (χ4v) is 2.58. The van der Waals surface area contributed by atoms with Crippen LogP contribution in [0.15, 0.2) is 24.4 Å². The predicted molar refractivity (Wildman–Crippen MR) is 85.1 cm³/mol. The van der Waals surface area contributed by atoms with E-state index in [0.29, 0.717) is 17.5 Å². The fraction of sp³-hybridized carbons (Fsp3) is 0.286. The van der Waals surface area contributed by atoms with Gasteiger partial charge in [-0.1, -0.05) is 18.2 Å². The van der Waals surface area contributed by atoms with Crippen molar-refractivity contribution in [1.29, 1.82) is 0 Å². The molecule has 1 atom stereocenters. The number of aryl methyl sites for hydroxylation is 1. The normalized spacial score (nSPS) is 12.1. The molecule has 0 spiro atoms. The Bertz CT molecular complexity index is 619. The van der Waals surface area contributed by atoms with Crippen LogP contribution in [0.1, 0.15) is 22.9 Å². The molecule has 5 nitrogen and oxygen atoms in total. The number of methoxy groups -OCH3 is 2. The molecule has 0 fully saturated rings. The van der Waals surface area contributed by atoms with Crippen LogP contribution < -0.4 is 15.2 Å². The molecule has 1 heterocycles. The van der Waals surface area contributed by atoms with Crippen molar-refractivity contribution in [1.82, 2.24) is 9.97 Å². The monoisotopic (exact) mass is 385 g/mol. The number of nitrogens with two attached hydrogens (primary N) is 1. The van der Waals surface area contributed by atoms with Crippen LogP contribution in [0.3, 0.4) is 0 Å². The summed E-state index contributed by atoms with van der Waals surface area (Å²) in [5.41, 5.74) is 9.10. The molecule has 0 aliphatic heterocycles. The van der Waals surface area contributed by atoms with E-state index in [-0.39, 0.29) is 0 Å². The zero-order chi connectivity index (χ0) is 14.7. The van der Waals surface area contributed by atoms with Gasteiger partial charge in [-0.05, 0) is 40.6 Å². The summed E-state index contributed by atoms with van der Waals surface area (Å²) < 4.78 is 11.4. The predicted octanol–water partition coefficient (Wildman–Crippen LogP) is 2.45. The van der Waals surface area contributed by atoms with Gasteiger partial charge in [0.1, 0.15) is 5.69 Å². The first-order valence-corrected chi connectivity index (χ1v) is 7.11. The van der Waals surface area contributed by atoms with E-state index in [0.717, 1.165) is 9.13 Å². The summed E-state index contributed by atoms with van der Waals surface area (Å²) in [5.74, 6) is 0.783. The molecule has 20 heavy (non-hydrogen) atoms. The van der Waals surface area contributed by atoms with E-state index >= 15 is 0 Å². The van der Waals surface area contributed by atoms with Crippen molar-refractivity contribution in [3.63, 3.8) is 0 Å². The van der Waals surface area contributed by atoms with E-state index in [1.807, 2.05) is 12.1 Å². The number of rotatable bonds is 4. The van der Waals surface area contributed by atoms with Gasteiger partial charge in [-0.3, -0.25) is 0 Å². The molecule has 0 aliphatic carbocycles. The van der Waals surface area contributed by atoms with Gasteiger partial charge in [-0.2, -0.15) is 4.98 Å². The Labute approximate surface area is 131 Å². The molecule has 106 valence electrons. The number of benzene rings is 1. The highest BCUT2D eigenvalue weighted by Gasteiger charge is 2.20. The maximum Gasteiger partial charge on any atom is 0.240 e. The number of hydrogen-bond donors (Lipinski definition) is 1. The maximum atomic E-state index is 6.33. The van der Waals surface area contributed by atoms with E-state index in [9.17, 15) is 0 Å². The summed E-state index contributed by atoms with van der Waals surface area (Å²) in [7, 11) is 3.08. The highest BCUT2D eigenvalue weighted by atomic mass is 127. The summed E-state index contributed by atoms with van der Waals surface area (Å²) in [6, 6.07) is 5.63. The maximum absolute atomic E-state index is 6.33. The SMILES string of the molecule is COc1cnc(C(N)c2cccc(C)c2I)c(OC)n1. The average molecular weight is 385 g/mol. The van der Waals surface area contributed by atoms with Crippen LogP contribution in [-0.2, 0) is 0 Å². The van der Waals surface area contributed by atoms with E-state index < -0.39 is 6.04 Å². The van der Waals surface area contributed by atoms with Gasteiger partial charge in [0.05, 0.1) is 26.5 Å². The van der Waals surface area contributed by atoms with Crippen molar-refractivity contribution in [2.75, 3.05) is 14.2 Å². The molecule has 6 heteroatoms. The van der Waals surface area contributed by atoms with Crippen LogP contribution in [-0.4, -0.2) is 24.2 Å². The molecule has 0 aliphatic rings. The van der Waals surface area contributed by atoms with Crippen molar-refractivity contribution < 1.29 is 9.47 Å². The van der Waals surface area contributed by atoms with Crippen LogP contribution in [0.25, 0.3) is 0 Å². The molecule has 0 radical (unpaired) electrons. The molecular formula is C14H16IN3O2. The van der Waals surface area contributed by atoms with Crippen molar-refractivity contribution in [3.8, 4) is 11.8 Å². The van der Waals surface area contributed by atoms with Crippen molar-refractivity contribution in [3.05, 3.63) is 44.8 Å². The lowest BCUT2D eigenvalue weighted by Crippen LogP contribution is -2.17. The third-order valence-electron chi connectivity index (χ3n) is 3.00. The van der Waals surface area contributed by atoms with Gasteiger partial charge >= 0.3 is 0 Å². The van der Waals surface area contributed by atoms with Crippen LogP contribution >= 0.6 is 22.6 Å². The van der Waals surface area contributed by atoms with Crippen molar-refractivity contribution >= 4 is 22.6 Å². The number of nitrogens with zero attached hydrogens (tertiary/aromatic N) is 2. The van der Waals surface area contributed by atoms with Crippen molar-refractivity contribution in [2.24, 2.45) is 5.73 Å². The summed E-state index contributed by atoms with van der Waals surface area (Å²) in [4.78, 5) is 8.55. The Morgan fingerprint density at radius 1 is 1.25 bits per heavy atom. The fourth-order valence-electron chi connectivity index (χ4n) is 1.89. The number of halogens is 1. The summed E-state index contributed by atoms with van der Waals surface area (Å²) >= 11 is 2.29. The summed E-state index contributed by atoms with van der Waals surface area (Å²) in [6.45, 7) is 2.05. The van der Waals surface area contributed by atoms with Gasteiger partial charge in [-0.15, -0.1) is 0 Å². The summed E-state index contributed by atoms with van der Waals surface area (Å²) in [6.07, 6.45) is 1.54. The average Bonchev–Trinajstić information content (AvgIpc) is 2.48. The first kappa shape index (κ1) is 15.0. The van der Waals surface area contributed by atoms with Gasteiger partial charge in [0.2, 0.25) is 11.8 Å². The molecule has 2 rings (SSSR count). The Morgan fingerprint density at radius 3 is 2.65 bits per heavy atom. The van der Waals surface area contributed by atoms with E-state index in [4.69, 9.17) is 15.2 Å². The molecule has 2 N–H and O–H groups in total. The Balaban J connectivity index is 2.47. The number of aromatic nitrogens is 2. The third kappa shape index (κ3) is 2.85. The second-order valence-corrected chi connectivity index (χ2v) is 5.34. The minimum atomic E-state index is -0.393. The third-order valence-corrected chi connectivity index (χ3v) is 4.47. The first-order valence-electron chi connectivity index (χ1n) is 6.04. The van der Waals surface area contributed by atoms with Gasteiger partial charge in [0.25, 0.3) is 0 Å². The number of ether oxygens (including phenoxy) is 2. The lowest BCUT2D eigenvalue weighted by atomic mass is 10.0. The van der Waals surface area contributed by atoms with E-state index in [1.54, 1.807) is 13.3 Å². The molecule has 0 saturated heterocycles. The van der Waals surface area contributed by atoms with Crippen LogP contribution in [0.5, 0.6) is 11.8 Å². The summed E-state index contributed by atoms with van der Waals surface area (Å²) in [5, 5.41) is 0. The van der Waals surface area contributed by atoms with E-state index in [2.05, 4.69) is 45.5 Å². The molecule has 1 unspecified atom stereocenters. The molecule has 1 aromatic heterocycles. The Morgan fingerprint density at radius 2 is 2.00 bits per heavy atom. The van der Waals surface area contributed by atoms with Gasteiger partial charge in [0.15, 0.2) is 0 Å². The van der Waals surface area contributed by atoms with Gasteiger partial charge in [0, 0.05) is 3.57 Å². The zero-order valence-corrected chi connectivity index (χ0v) is 13.7. The van der Waals surface area contributed by atoms with E-state index in [1.165, 1.54) is 12.7 Å². The van der Waals surface area contributed by atoms with Gasteiger partial charge in [-0.25, -0.2) is 4.98 Å². The smallest absolute Gasteiger partial charge is 0.240 e. The standard InChI is InChI=1S/C14H16IN3O2/c1-8-5-4-6-9(11(8)15)12(16)13-14(20-3)18-10(19-2)7-17-13/h4-7,12H,16H2,1-3H3. The Hall–Kier alpha value is -1.41. The molecule has 0 amide bonds. The highest BCUT2D eigenvalue weighted by molar-refractivity contribution is 14.1. The van der Waals surface area contributed by atoms with Crippen molar-refractivity contribution in [2.45, 2.75) is 13.0 Å². The number of hydrogen-bond acceptors (Lipinski definition) is 5. The first-order chi connectivity index (χ1) is 9.58. The topological polar surface area (TPSA) is 70.3 Å². The highest BCUT2D eigenvalue weighted by Crippen LogP contribution is 2.30. The van der Waals surface area contributed by atoms with Crippen LogP contribution in [0.2, 0.25) is 0 Å². The lowest BCUT2D eigenvalue weighted by Gasteiger charge is -2.17. The molecule has 1 aromatic carbocycles. The molecular weight excluding hydrogens is 369 g/mol.